The summed E-state index contributed by atoms with van der Waals surface area (Å²) in [6, 6.07) is 23.5. The minimum Gasteiger partial charge on any atom is -0.481 e. The van der Waals surface area contributed by atoms with Gasteiger partial charge in [0.05, 0.1) is 18.1 Å². The van der Waals surface area contributed by atoms with Crippen LogP contribution in [0.15, 0.2) is 83.8 Å². The second kappa shape index (κ2) is 10.2. The van der Waals surface area contributed by atoms with Crippen molar-refractivity contribution in [2.75, 3.05) is 31.6 Å². The first-order valence-electron chi connectivity index (χ1n) is 10.7. The van der Waals surface area contributed by atoms with Crippen molar-refractivity contribution in [3.8, 4) is 16.9 Å². The molecule has 3 aromatic rings. The fourth-order valence-corrected chi connectivity index (χ4v) is 4.99. The molecule has 1 atom stereocenters. The van der Waals surface area contributed by atoms with Gasteiger partial charge in [-0.1, -0.05) is 48.5 Å². The Morgan fingerprint density at radius 3 is 2.27 bits per heavy atom. The van der Waals surface area contributed by atoms with E-state index in [1.807, 2.05) is 54.6 Å². The van der Waals surface area contributed by atoms with Gasteiger partial charge >= 0.3 is 0 Å². The Hall–Kier alpha value is -3.20. The summed E-state index contributed by atoms with van der Waals surface area (Å²) in [5, 5.41) is 2.93. The Kier molecular flexibility index (Phi) is 7.08. The highest BCUT2D eigenvalue weighted by Crippen LogP contribution is 2.28. The molecule has 172 valence electrons. The number of morpholine rings is 1. The topological polar surface area (TPSA) is 84.9 Å². The van der Waals surface area contributed by atoms with Gasteiger partial charge in [-0.3, -0.25) is 4.79 Å². The first-order chi connectivity index (χ1) is 15.9. The number of anilines is 1. The zero-order valence-electron chi connectivity index (χ0n) is 18.3. The number of para-hydroxylation sites is 1. The zero-order chi connectivity index (χ0) is 23.3. The van der Waals surface area contributed by atoms with Crippen molar-refractivity contribution in [2.24, 2.45) is 0 Å². The van der Waals surface area contributed by atoms with Gasteiger partial charge in [0.15, 0.2) is 6.10 Å². The van der Waals surface area contributed by atoms with Crippen molar-refractivity contribution < 1.29 is 22.7 Å². The Labute approximate surface area is 194 Å². The maximum Gasteiger partial charge on any atom is 0.265 e. The number of amides is 1. The van der Waals surface area contributed by atoms with E-state index in [0.29, 0.717) is 37.7 Å². The van der Waals surface area contributed by atoms with Crippen molar-refractivity contribution in [3.05, 3.63) is 78.9 Å². The fourth-order valence-electron chi connectivity index (χ4n) is 3.58. The molecule has 0 bridgehead atoms. The summed E-state index contributed by atoms with van der Waals surface area (Å²) in [6.45, 7) is 3.10. The number of sulfonamides is 1. The Morgan fingerprint density at radius 2 is 1.58 bits per heavy atom. The number of carbonyl (C=O) groups excluding carboxylic acids is 1. The van der Waals surface area contributed by atoms with Gasteiger partial charge < -0.3 is 14.8 Å². The lowest BCUT2D eigenvalue weighted by atomic mass is 10.0. The van der Waals surface area contributed by atoms with E-state index in [4.69, 9.17) is 9.47 Å². The van der Waals surface area contributed by atoms with Crippen LogP contribution in [0.2, 0.25) is 0 Å². The molecule has 4 rings (SSSR count). The van der Waals surface area contributed by atoms with Crippen LogP contribution in [0.1, 0.15) is 6.92 Å². The number of hydrogen-bond acceptors (Lipinski definition) is 5. The zero-order valence-corrected chi connectivity index (χ0v) is 19.1. The molecule has 7 nitrogen and oxygen atoms in total. The van der Waals surface area contributed by atoms with Gasteiger partial charge in [-0.05, 0) is 42.8 Å². The minimum atomic E-state index is -3.58. The van der Waals surface area contributed by atoms with Crippen LogP contribution < -0.4 is 10.1 Å². The second-order valence-corrected chi connectivity index (χ2v) is 9.59. The van der Waals surface area contributed by atoms with Crippen LogP contribution in [-0.4, -0.2) is 51.0 Å². The van der Waals surface area contributed by atoms with Crippen LogP contribution >= 0.6 is 0 Å². The van der Waals surface area contributed by atoms with E-state index in [2.05, 4.69) is 5.32 Å². The molecule has 1 unspecified atom stereocenters. The fraction of sp³-hybridized carbons (Fsp3) is 0.240. The van der Waals surface area contributed by atoms with Crippen LogP contribution in [0.4, 0.5) is 5.69 Å². The summed E-state index contributed by atoms with van der Waals surface area (Å²) in [7, 11) is -3.58. The Morgan fingerprint density at radius 1 is 0.939 bits per heavy atom. The smallest absolute Gasteiger partial charge is 0.265 e. The van der Waals surface area contributed by atoms with Gasteiger partial charge in [0.2, 0.25) is 10.0 Å². The van der Waals surface area contributed by atoms with Gasteiger partial charge in [-0.2, -0.15) is 4.31 Å². The predicted molar refractivity (Wildman–Crippen MR) is 127 cm³/mol. The molecule has 1 fully saturated rings. The molecule has 1 aliphatic rings. The maximum atomic E-state index is 12.8. The third-order valence-corrected chi connectivity index (χ3v) is 7.30. The van der Waals surface area contributed by atoms with Crippen LogP contribution in [0.3, 0.4) is 0 Å². The van der Waals surface area contributed by atoms with Crippen LogP contribution in [0.25, 0.3) is 11.1 Å². The summed E-state index contributed by atoms with van der Waals surface area (Å²) < 4.78 is 37.9. The third-order valence-electron chi connectivity index (χ3n) is 5.38. The molecule has 0 saturated carbocycles. The summed E-state index contributed by atoms with van der Waals surface area (Å²) in [4.78, 5) is 13.0. The molecular weight excluding hydrogens is 440 g/mol. The molecule has 8 heteroatoms. The molecule has 1 heterocycles. The highest BCUT2D eigenvalue weighted by Gasteiger charge is 2.26. The Balaban J connectivity index is 1.42. The number of hydrogen-bond donors (Lipinski definition) is 1. The van der Waals surface area contributed by atoms with E-state index in [9.17, 15) is 13.2 Å². The quantitative estimate of drug-likeness (QED) is 0.573. The molecule has 1 aliphatic heterocycles. The lowest BCUT2D eigenvalue weighted by Gasteiger charge is -2.26. The molecule has 1 N–H and O–H groups in total. The number of carbonyl (C=O) groups is 1. The second-order valence-electron chi connectivity index (χ2n) is 7.65. The van der Waals surface area contributed by atoms with Crippen molar-refractivity contribution in [3.63, 3.8) is 0 Å². The molecule has 0 radical (unpaired) electrons. The Bertz CT molecular complexity index is 1190. The summed E-state index contributed by atoms with van der Waals surface area (Å²) >= 11 is 0. The summed E-state index contributed by atoms with van der Waals surface area (Å²) in [5.41, 5.74) is 2.60. The molecular formula is C25H26N2O5S. The van der Waals surface area contributed by atoms with Gasteiger partial charge in [-0.15, -0.1) is 0 Å². The monoisotopic (exact) mass is 466 g/mol. The standard InChI is InChI=1S/C25H26N2O5S/c1-19(25(28)26-24-10-6-5-9-23(24)20-7-3-2-4-8-20)32-21-11-13-22(14-12-21)33(29,30)27-15-17-31-18-16-27/h2-14,19H,15-18H2,1H3,(H,26,28). The molecule has 0 spiro atoms. The van der Waals surface area contributed by atoms with Gasteiger partial charge in [0, 0.05) is 24.3 Å². The average molecular weight is 467 g/mol. The van der Waals surface area contributed by atoms with E-state index >= 15 is 0 Å². The number of ether oxygens (including phenoxy) is 2. The average Bonchev–Trinajstić information content (AvgIpc) is 2.86. The molecule has 3 aromatic carbocycles. The SMILES string of the molecule is CC(Oc1ccc(S(=O)(=O)N2CCOCC2)cc1)C(=O)Nc1ccccc1-c1ccccc1. The molecule has 33 heavy (non-hydrogen) atoms. The highest BCUT2D eigenvalue weighted by atomic mass is 32.2. The predicted octanol–water partition coefficient (Wildman–Crippen LogP) is 3.78. The molecule has 0 aromatic heterocycles. The highest BCUT2D eigenvalue weighted by molar-refractivity contribution is 7.89. The molecule has 1 amide bonds. The first-order valence-corrected chi connectivity index (χ1v) is 12.2. The lowest BCUT2D eigenvalue weighted by molar-refractivity contribution is -0.122. The number of nitrogens with zero attached hydrogens (tertiary/aromatic N) is 1. The number of nitrogens with one attached hydrogen (secondary N) is 1. The van der Waals surface area contributed by atoms with E-state index in [1.165, 1.54) is 16.4 Å². The van der Waals surface area contributed by atoms with E-state index in [1.54, 1.807) is 19.1 Å². The van der Waals surface area contributed by atoms with Crippen LogP contribution in [0, 0.1) is 0 Å². The maximum absolute atomic E-state index is 12.8. The summed E-state index contributed by atoms with van der Waals surface area (Å²) in [5.74, 6) is 0.110. The first kappa shape index (κ1) is 23.0. The molecule has 0 aliphatic carbocycles. The van der Waals surface area contributed by atoms with E-state index in [0.717, 1.165) is 11.1 Å². The largest absolute Gasteiger partial charge is 0.481 e. The van der Waals surface area contributed by atoms with Gasteiger partial charge in [0.25, 0.3) is 5.91 Å². The van der Waals surface area contributed by atoms with Crippen LogP contribution in [0.5, 0.6) is 5.75 Å². The minimum absolute atomic E-state index is 0.186. The van der Waals surface area contributed by atoms with Gasteiger partial charge in [0.1, 0.15) is 5.75 Å². The normalized spacial score (nSPS) is 15.5. The van der Waals surface area contributed by atoms with Crippen molar-refractivity contribution in [2.45, 2.75) is 17.9 Å². The third kappa shape index (κ3) is 5.42. The number of benzene rings is 3. The van der Waals surface area contributed by atoms with Crippen molar-refractivity contribution >= 4 is 21.6 Å². The number of rotatable bonds is 7. The van der Waals surface area contributed by atoms with E-state index in [-0.39, 0.29) is 10.8 Å². The van der Waals surface area contributed by atoms with Gasteiger partial charge in [-0.25, -0.2) is 8.42 Å². The van der Waals surface area contributed by atoms with Crippen molar-refractivity contribution in [1.82, 2.24) is 4.31 Å². The van der Waals surface area contributed by atoms with Crippen molar-refractivity contribution in [1.29, 1.82) is 0 Å². The van der Waals surface area contributed by atoms with E-state index < -0.39 is 16.1 Å². The van der Waals surface area contributed by atoms with Crippen LogP contribution in [-0.2, 0) is 19.6 Å². The lowest BCUT2D eigenvalue weighted by Crippen LogP contribution is -2.40. The molecule has 1 saturated heterocycles. The summed E-state index contributed by atoms with van der Waals surface area (Å²) in [6.07, 6.45) is -0.782.